The lowest BCUT2D eigenvalue weighted by Gasteiger charge is -2.15. The van der Waals surface area contributed by atoms with Crippen LogP contribution in [0.4, 0.5) is 11.4 Å². The number of carbonyl (C=O) groups is 2. The van der Waals surface area contributed by atoms with Crippen LogP contribution in [0.1, 0.15) is 39.1 Å². The largest absolute Gasteiger partial charge is 0.351 e. The zero-order chi connectivity index (χ0) is 22.4. The molecule has 158 valence electrons. The number of nitrogens with zero attached hydrogens (tertiary/aromatic N) is 1. The second-order valence-electron chi connectivity index (χ2n) is 6.94. The summed E-state index contributed by atoms with van der Waals surface area (Å²) < 4.78 is 0. The number of nitro benzene ring substituents is 1. The molecule has 0 aromatic heterocycles. The molecule has 0 bridgehead atoms. The molecule has 1 atom stereocenters. The van der Waals surface area contributed by atoms with E-state index in [-0.39, 0.29) is 28.1 Å². The number of nitro groups is 1. The van der Waals surface area contributed by atoms with E-state index in [0.29, 0.717) is 17.8 Å². The summed E-state index contributed by atoms with van der Waals surface area (Å²) in [6, 6.07) is 20.0. The van der Waals surface area contributed by atoms with Crippen LogP contribution in [0.5, 0.6) is 0 Å². The summed E-state index contributed by atoms with van der Waals surface area (Å²) >= 11 is 6.04. The van der Waals surface area contributed by atoms with E-state index in [0.717, 1.165) is 11.6 Å². The molecule has 2 N–H and O–H groups in total. The van der Waals surface area contributed by atoms with Crippen molar-refractivity contribution in [3.05, 3.63) is 105 Å². The first-order chi connectivity index (χ1) is 14.9. The van der Waals surface area contributed by atoms with Crippen LogP contribution in [0.3, 0.4) is 0 Å². The van der Waals surface area contributed by atoms with E-state index >= 15 is 0 Å². The quantitative estimate of drug-likeness (QED) is 0.399. The fourth-order valence-electron chi connectivity index (χ4n) is 3.02. The van der Waals surface area contributed by atoms with Crippen LogP contribution in [-0.4, -0.2) is 23.3 Å². The van der Waals surface area contributed by atoms with Crippen LogP contribution < -0.4 is 10.6 Å². The van der Waals surface area contributed by atoms with Crippen molar-refractivity contribution in [1.29, 1.82) is 0 Å². The first-order valence-corrected chi connectivity index (χ1v) is 9.92. The molecule has 0 saturated heterocycles. The lowest BCUT2D eigenvalue weighted by Crippen LogP contribution is -2.28. The Morgan fingerprint density at radius 2 is 1.65 bits per heavy atom. The summed E-state index contributed by atoms with van der Waals surface area (Å²) in [6.45, 7) is 2.44. The van der Waals surface area contributed by atoms with E-state index in [2.05, 4.69) is 10.6 Å². The molecule has 31 heavy (non-hydrogen) atoms. The summed E-state index contributed by atoms with van der Waals surface area (Å²) in [7, 11) is 0. The number of nitrogens with one attached hydrogen (secondary N) is 2. The van der Waals surface area contributed by atoms with Gasteiger partial charge in [0.2, 0.25) is 0 Å². The molecule has 3 aromatic carbocycles. The van der Waals surface area contributed by atoms with Gasteiger partial charge in [-0.05, 0) is 29.7 Å². The highest BCUT2D eigenvalue weighted by atomic mass is 35.5. The van der Waals surface area contributed by atoms with Crippen LogP contribution in [-0.2, 0) is 0 Å². The first kappa shape index (κ1) is 22.0. The van der Waals surface area contributed by atoms with Gasteiger partial charge in [0.05, 0.1) is 26.8 Å². The third-order valence-corrected chi connectivity index (χ3v) is 5.08. The summed E-state index contributed by atoms with van der Waals surface area (Å²) in [5, 5.41) is 16.3. The minimum Gasteiger partial charge on any atom is -0.351 e. The molecule has 0 aliphatic heterocycles. The normalized spacial score (nSPS) is 11.4. The van der Waals surface area contributed by atoms with Crippen LogP contribution in [0.25, 0.3) is 0 Å². The molecule has 2 amide bonds. The van der Waals surface area contributed by atoms with E-state index in [1.165, 1.54) is 12.1 Å². The molecule has 7 nitrogen and oxygen atoms in total. The number of para-hydroxylation sites is 1. The molecule has 0 saturated carbocycles. The maximum Gasteiger partial charge on any atom is 0.270 e. The Morgan fingerprint density at radius 1 is 0.968 bits per heavy atom. The smallest absolute Gasteiger partial charge is 0.270 e. The van der Waals surface area contributed by atoms with Crippen LogP contribution in [0.2, 0.25) is 5.02 Å². The van der Waals surface area contributed by atoms with Gasteiger partial charge in [-0.2, -0.15) is 0 Å². The highest BCUT2D eigenvalue weighted by Crippen LogP contribution is 2.24. The van der Waals surface area contributed by atoms with Gasteiger partial charge in [-0.1, -0.05) is 61.0 Å². The van der Waals surface area contributed by atoms with E-state index in [1.807, 2.05) is 37.3 Å². The standard InChI is InChI=1S/C23H20ClN3O4/c1-15(16-7-3-2-4-8-16)14-25-22(28)19-9-5-6-10-21(19)26-23(29)18-12-11-17(27(30)31)13-20(18)24/h2-13,15H,14H2,1H3,(H,25,28)(H,26,29). The van der Waals surface area contributed by atoms with E-state index < -0.39 is 10.8 Å². The second-order valence-corrected chi connectivity index (χ2v) is 7.35. The fourth-order valence-corrected chi connectivity index (χ4v) is 3.28. The minimum absolute atomic E-state index is 0.0506. The van der Waals surface area contributed by atoms with Crippen molar-refractivity contribution in [3.8, 4) is 0 Å². The van der Waals surface area contributed by atoms with Gasteiger partial charge < -0.3 is 10.6 Å². The van der Waals surface area contributed by atoms with E-state index in [1.54, 1.807) is 24.3 Å². The van der Waals surface area contributed by atoms with Gasteiger partial charge in [-0.15, -0.1) is 0 Å². The number of carbonyl (C=O) groups excluding carboxylic acids is 2. The predicted molar refractivity (Wildman–Crippen MR) is 120 cm³/mol. The third-order valence-electron chi connectivity index (χ3n) is 4.77. The van der Waals surface area contributed by atoms with Crippen molar-refractivity contribution >= 4 is 34.8 Å². The Labute approximate surface area is 184 Å². The lowest BCUT2D eigenvalue weighted by atomic mass is 10.0. The average molecular weight is 438 g/mol. The van der Waals surface area contributed by atoms with Crippen molar-refractivity contribution in [2.75, 3.05) is 11.9 Å². The van der Waals surface area contributed by atoms with Gasteiger partial charge in [-0.25, -0.2) is 0 Å². The van der Waals surface area contributed by atoms with Gasteiger partial charge in [0.15, 0.2) is 0 Å². The molecule has 0 spiro atoms. The Morgan fingerprint density at radius 3 is 2.32 bits per heavy atom. The molecule has 1 unspecified atom stereocenters. The first-order valence-electron chi connectivity index (χ1n) is 9.54. The number of benzene rings is 3. The maximum absolute atomic E-state index is 12.7. The Kier molecular flexibility index (Phi) is 6.99. The summed E-state index contributed by atoms with van der Waals surface area (Å²) in [4.78, 5) is 35.6. The molecular formula is C23H20ClN3O4. The molecule has 0 radical (unpaired) electrons. The average Bonchev–Trinajstić information content (AvgIpc) is 2.78. The predicted octanol–water partition coefficient (Wildman–Crippen LogP) is 5.03. The van der Waals surface area contributed by atoms with Crippen LogP contribution in [0.15, 0.2) is 72.8 Å². The Balaban J connectivity index is 1.72. The van der Waals surface area contributed by atoms with Crippen molar-refractivity contribution < 1.29 is 14.5 Å². The van der Waals surface area contributed by atoms with Crippen molar-refractivity contribution in [2.24, 2.45) is 0 Å². The number of rotatable bonds is 7. The van der Waals surface area contributed by atoms with E-state index in [9.17, 15) is 19.7 Å². The second kappa shape index (κ2) is 9.86. The SMILES string of the molecule is CC(CNC(=O)c1ccccc1NC(=O)c1ccc([N+](=O)[O-])cc1Cl)c1ccccc1. The van der Waals surface area contributed by atoms with Gasteiger partial charge in [-0.3, -0.25) is 19.7 Å². The van der Waals surface area contributed by atoms with Crippen LogP contribution in [0, 0.1) is 10.1 Å². The molecule has 8 heteroatoms. The summed E-state index contributed by atoms with van der Waals surface area (Å²) in [5.74, 6) is -0.780. The highest BCUT2D eigenvalue weighted by Gasteiger charge is 2.18. The molecular weight excluding hydrogens is 418 g/mol. The molecule has 0 aliphatic rings. The fraction of sp³-hybridized carbons (Fsp3) is 0.130. The minimum atomic E-state index is -0.594. The topological polar surface area (TPSA) is 101 Å². The zero-order valence-corrected chi connectivity index (χ0v) is 17.4. The number of amides is 2. The molecule has 3 aromatic rings. The summed E-state index contributed by atoms with van der Waals surface area (Å²) in [5.41, 5.74) is 1.58. The van der Waals surface area contributed by atoms with E-state index in [4.69, 9.17) is 11.6 Å². The van der Waals surface area contributed by atoms with Crippen molar-refractivity contribution in [3.63, 3.8) is 0 Å². The number of non-ortho nitro benzene ring substituents is 1. The number of hydrogen-bond acceptors (Lipinski definition) is 4. The van der Waals surface area contributed by atoms with Crippen molar-refractivity contribution in [2.45, 2.75) is 12.8 Å². The van der Waals surface area contributed by atoms with Crippen molar-refractivity contribution in [1.82, 2.24) is 5.32 Å². The molecule has 0 heterocycles. The Hall–Kier alpha value is -3.71. The molecule has 0 aliphatic carbocycles. The van der Waals surface area contributed by atoms with Gasteiger partial charge in [0.25, 0.3) is 17.5 Å². The molecule has 3 rings (SSSR count). The number of halogens is 1. The summed E-state index contributed by atoms with van der Waals surface area (Å²) in [6.07, 6.45) is 0. The Bertz CT molecular complexity index is 1120. The third kappa shape index (κ3) is 5.46. The monoisotopic (exact) mass is 437 g/mol. The maximum atomic E-state index is 12.7. The van der Waals surface area contributed by atoms with Crippen LogP contribution >= 0.6 is 11.6 Å². The number of anilines is 1. The van der Waals surface area contributed by atoms with Gasteiger partial charge in [0, 0.05) is 18.7 Å². The zero-order valence-electron chi connectivity index (χ0n) is 16.7. The highest BCUT2D eigenvalue weighted by molar-refractivity contribution is 6.34. The van der Waals surface area contributed by atoms with Gasteiger partial charge in [0.1, 0.15) is 0 Å². The number of hydrogen-bond donors (Lipinski definition) is 2. The molecule has 0 fully saturated rings. The lowest BCUT2D eigenvalue weighted by molar-refractivity contribution is -0.384. The van der Waals surface area contributed by atoms with Gasteiger partial charge >= 0.3 is 0 Å².